The number of hydrogen-bond acceptors (Lipinski definition) is 5. The molecular formula is C9H10N4O. The van der Waals surface area contributed by atoms with Gasteiger partial charge in [0.05, 0.1) is 12.0 Å². The van der Waals surface area contributed by atoms with Gasteiger partial charge in [-0.1, -0.05) is 0 Å². The van der Waals surface area contributed by atoms with E-state index >= 15 is 0 Å². The van der Waals surface area contributed by atoms with Crippen LogP contribution in [0, 0.1) is 0 Å². The minimum absolute atomic E-state index is 0.208. The van der Waals surface area contributed by atoms with Crippen molar-refractivity contribution < 1.29 is 4.42 Å². The van der Waals surface area contributed by atoms with Crippen LogP contribution in [0.1, 0.15) is 5.69 Å². The largest absolute Gasteiger partial charge is 0.463 e. The van der Waals surface area contributed by atoms with Crippen molar-refractivity contribution in [2.24, 2.45) is 5.73 Å². The Balaban J connectivity index is 2.48. The maximum Gasteiger partial charge on any atom is 0.220 e. The number of rotatable bonds is 2. The summed E-state index contributed by atoms with van der Waals surface area (Å²) in [5.74, 6) is 0.869. The van der Waals surface area contributed by atoms with Crippen LogP contribution in [-0.4, -0.2) is 9.97 Å². The number of nitrogens with two attached hydrogens (primary N) is 2. The van der Waals surface area contributed by atoms with Gasteiger partial charge in [0, 0.05) is 6.54 Å². The summed E-state index contributed by atoms with van der Waals surface area (Å²) in [6, 6.07) is 5.35. The predicted molar refractivity (Wildman–Crippen MR) is 52.0 cm³/mol. The Bertz CT molecular complexity index is 424. The molecule has 5 nitrogen and oxygen atoms in total. The van der Waals surface area contributed by atoms with E-state index < -0.39 is 0 Å². The molecule has 4 N–H and O–H groups in total. The summed E-state index contributed by atoms with van der Waals surface area (Å²) in [6.45, 7) is 0.334. The van der Waals surface area contributed by atoms with Crippen LogP contribution in [0.4, 0.5) is 5.95 Å². The summed E-state index contributed by atoms with van der Waals surface area (Å²) in [5, 5.41) is 0. The van der Waals surface area contributed by atoms with Crippen molar-refractivity contribution in [1.82, 2.24) is 9.97 Å². The topological polar surface area (TPSA) is 91.0 Å². The van der Waals surface area contributed by atoms with Gasteiger partial charge in [-0.05, 0) is 18.2 Å². The second-order valence-corrected chi connectivity index (χ2v) is 2.78. The molecule has 2 rings (SSSR count). The maximum atomic E-state index is 5.52. The normalized spacial score (nSPS) is 10.4. The van der Waals surface area contributed by atoms with Gasteiger partial charge in [0.15, 0.2) is 5.76 Å². The Hall–Kier alpha value is -1.88. The molecule has 0 aromatic carbocycles. The van der Waals surface area contributed by atoms with Crippen LogP contribution in [0.15, 0.2) is 28.9 Å². The third-order valence-electron chi connectivity index (χ3n) is 1.78. The van der Waals surface area contributed by atoms with Crippen LogP contribution in [0.5, 0.6) is 0 Å². The third-order valence-corrected chi connectivity index (χ3v) is 1.78. The molecule has 0 bridgehead atoms. The molecule has 0 radical (unpaired) electrons. The number of aromatic nitrogens is 2. The average Bonchev–Trinajstić information content (AvgIpc) is 2.69. The van der Waals surface area contributed by atoms with Crippen molar-refractivity contribution >= 4 is 5.95 Å². The molecule has 0 aliphatic heterocycles. The van der Waals surface area contributed by atoms with E-state index in [1.807, 2.05) is 6.07 Å². The van der Waals surface area contributed by atoms with Gasteiger partial charge < -0.3 is 15.9 Å². The monoisotopic (exact) mass is 190 g/mol. The van der Waals surface area contributed by atoms with Gasteiger partial charge in [-0.15, -0.1) is 0 Å². The zero-order valence-electron chi connectivity index (χ0n) is 7.47. The lowest BCUT2D eigenvalue weighted by Crippen LogP contribution is -2.04. The maximum absolute atomic E-state index is 5.52. The summed E-state index contributed by atoms with van der Waals surface area (Å²) in [7, 11) is 0. The highest BCUT2D eigenvalue weighted by atomic mass is 16.3. The molecule has 0 aliphatic carbocycles. The lowest BCUT2D eigenvalue weighted by Gasteiger charge is -2.01. The fourth-order valence-electron chi connectivity index (χ4n) is 1.17. The van der Waals surface area contributed by atoms with Crippen LogP contribution in [-0.2, 0) is 6.54 Å². The fraction of sp³-hybridized carbons (Fsp3) is 0.111. The van der Waals surface area contributed by atoms with Gasteiger partial charge in [-0.25, -0.2) is 9.97 Å². The van der Waals surface area contributed by atoms with E-state index in [0.29, 0.717) is 23.7 Å². The van der Waals surface area contributed by atoms with E-state index in [9.17, 15) is 0 Å². The van der Waals surface area contributed by atoms with Gasteiger partial charge in [-0.3, -0.25) is 0 Å². The number of furan rings is 1. The molecule has 2 heterocycles. The summed E-state index contributed by atoms with van der Waals surface area (Å²) in [4.78, 5) is 8.00. The molecule has 5 heteroatoms. The van der Waals surface area contributed by atoms with Gasteiger partial charge in [0.1, 0.15) is 5.69 Å². The van der Waals surface area contributed by atoms with Crippen molar-refractivity contribution in [1.29, 1.82) is 0 Å². The second kappa shape index (κ2) is 3.47. The van der Waals surface area contributed by atoms with Crippen LogP contribution < -0.4 is 11.5 Å². The Labute approximate surface area is 80.8 Å². The van der Waals surface area contributed by atoms with E-state index in [4.69, 9.17) is 15.9 Å². The molecule has 2 aromatic heterocycles. The van der Waals surface area contributed by atoms with Crippen LogP contribution in [0.25, 0.3) is 11.5 Å². The van der Waals surface area contributed by atoms with Crippen molar-refractivity contribution in [3.8, 4) is 11.5 Å². The molecule has 0 spiro atoms. The number of nitrogens with zero attached hydrogens (tertiary/aromatic N) is 2. The minimum Gasteiger partial charge on any atom is -0.463 e. The summed E-state index contributed by atoms with van der Waals surface area (Å²) < 4.78 is 5.19. The molecule has 0 saturated carbocycles. The fourth-order valence-corrected chi connectivity index (χ4v) is 1.17. The van der Waals surface area contributed by atoms with Gasteiger partial charge in [-0.2, -0.15) is 0 Å². The van der Waals surface area contributed by atoms with Crippen molar-refractivity contribution in [3.63, 3.8) is 0 Å². The molecule has 0 aliphatic rings. The molecule has 72 valence electrons. The van der Waals surface area contributed by atoms with Crippen LogP contribution >= 0.6 is 0 Å². The summed E-state index contributed by atoms with van der Waals surface area (Å²) in [6.07, 6.45) is 1.58. The molecule has 0 unspecified atom stereocenters. The highest BCUT2D eigenvalue weighted by molar-refractivity contribution is 5.53. The Morgan fingerprint density at radius 2 is 2.21 bits per heavy atom. The zero-order valence-corrected chi connectivity index (χ0v) is 7.47. The van der Waals surface area contributed by atoms with Gasteiger partial charge in [0.2, 0.25) is 5.95 Å². The zero-order chi connectivity index (χ0) is 9.97. The van der Waals surface area contributed by atoms with Gasteiger partial charge in [0.25, 0.3) is 0 Å². The first-order valence-electron chi connectivity index (χ1n) is 4.17. The van der Waals surface area contributed by atoms with E-state index in [1.54, 1.807) is 18.4 Å². The third kappa shape index (κ3) is 1.57. The summed E-state index contributed by atoms with van der Waals surface area (Å²) >= 11 is 0. The van der Waals surface area contributed by atoms with Crippen molar-refractivity contribution in [3.05, 3.63) is 30.2 Å². The SMILES string of the molecule is NCc1cc(-c2ccco2)nc(N)n1. The van der Waals surface area contributed by atoms with E-state index in [-0.39, 0.29) is 5.95 Å². The van der Waals surface area contributed by atoms with Crippen LogP contribution in [0.2, 0.25) is 0 Å². The molecule has 2 aromatic rings. The number of anilines is 1. The van der Waals surface area contributed by atoms with E-state index in [1.165, 1.54) is 0 Å². The average molecular weight is 190 g/mol. The minimum atomic E-state index is 0.208. The first-order valence-corrected chi connectivity index (χ1v) is 4.17. The predicted octanol–water partition coefficient (Wildman–Crippen LogP) is 0.777. The van der Waals surface area contributed by atoms with Gasteiger partial charge >= 0.3 is 0 Å². The second-order valence-electron chi connectivity index (χ2n) is 2.78. The first kappa shape index (κ1) is 8.71. The van der Waals surface area contributed by atoms with Crippen molar-refractivity contribution in [2.75, 3.05) is 5.73 Å². The van der Waals surface area contributed by atoms with Crippen LogP contribution in [0.3, 0.4) is 0 Å². The van der Waals surface area contributed by atoms with Crippen molar-refractivity contribution in [2.45, 2.75) is 6.54 Å². The summed E-state index contributed by atoms with van der Waals surface area (Å²) in [5.41, 5.74) is 12.3. The first-order chi connectivity index (χ1) is 6.79. The molecule has 0 saturated heterocycles. The number of hydrogen-bond donors (Lipinski definition) is 2. The van der Waals surface area contributed by atoms with E-state index in [2.05, 4.69) is 9.97 Å². The lowest BCUT2D eigenvalue weighted by atomic mass is 10.2. The Morgan fingerprint density at radius 3 is 2.86 bits per heavy atom. The Morgan fingerprint density at radius 1 is 1.36 bits per heavy atom. The highest BCUT2D eigenvalue weighted by Crippen LogP contribution is 2.18. The standard InChI is InChI=1S/C9H10N4O/c10-5-6-4-7(13-9(11)12-6)8-2-1-3-14-8/h1-4H,5,10H2,(H2,11,12,13). The highest BCUT2D eigenvalue weighted by Gasteiger charge is 2.05. The molecule has 0 amide bonds. The quantitative estimate of drug-likeness (QED) is 0.730. The van der Waals surface area contributed by atoms with E-state index in [0.717, 1.165) is 0 Å². The lowest BCUT2D eigenvalue weighted by molar-refractivity contribution is 0.579. The number of nitrogen functional groups attached to an aromatic ring is 1. The molecule has 14 heavy (non-hydrogen) atoms. The smallest absolute Gasteiger partial charge is 0.220 e. The molecular weight excluding hydrogens is 180 g/mol. The molecule has 0 fully saturated rings. The molecule has 0 atom stereocenters. The Kier molecular flexibility index (Phi) is 2.16.